The molecule has 1 heterocycles. The number of carbonyl (C=O) groups excluding carboxylic acids is 1. The minimum Gasteiger partial charge on any atom is -0.481 e. The van der Waals surface area contributed by atoms with Crippen LogP contribution >= 0.6 is 0 Å². The summed E-state index contributed by atoms with van der Waals surface area (Å²) in [6.45, 7) is 1.80. The Kier molecular flexibility index (Phi) is 4.21. The maximum atomic E-state index is 11.9. The molecule has 1 saturated carbocycles. The fourth-order valence-electron chi connectivity index (χ4n) is 2.58. The van der Waals surface area contributed by atoms with Gasteiger partial charge in [0, 0.05) is 13.1 Å². The third kappa shape index (κ3) is 3.06. The number of carboxylic acids is 1. The Hall–Kier alpha value is -2.12. The number of hydrogen-bond acceptors (Lipinski definition) is 4. The van der Waals surface area contributed by atoms with Gasteiger partial charge in [0.15, 0.2) is 5.82 Å². The third-order valence-corrected chi connectivity index (χ3v) is 3.63. The van der Waals surface area contributed by atoms with E-state index in [9.17, 15) is 9.59 Å². The molecule has 0 aromatic carbocycles. The van der Waals surface area contributed by atoms with E-state index in [0.29, 0.717) is 18.7 Å². The summed E-state index contributed by atoms with van der Waals surface area (Å²) in [7, 11) is 1.79. The maximum Gasteiger partial charge on any atom is 0.315 e. The number of amides is 2. The van der Waals surface area contributed by atoms with Crippen LogP contribution in [0.5, 0.6) is 0 Å². The van der Waals surface area contributed by atoms with Gasteiger partial charge in [-0.3, -0.25) is 4.79 Å². The predicted molar refractivity (Wildman–Crippen MR) is 69.9 cm³/mol. The number of carboxylic acid groups (broad SMARTS) is 1. The van der Waals surface area contributed by atoms with E-state index in [-0.39, 0.29) is 18.1 Å². The normalized spacial score (nSPS) is 23.3. The zero-order valence-corrected chi connectivity index (χ0v) is 11.5. The first-order valence-electron chi connectivity index (χ1n) is 6.62. The van der Waals surface area contributed by atoms with Gasteiger partial charge in [-0.1, -0.05) is 6.42 Å². The van der Waals surface area contributed by atoms with Crippen LogP contribution in [0.25, 0.3) is 0 Å². The van der Waals surface area contributed by atoms with E-state index < -0.39 is 11.9 Å². The average molecular weight is 281 g/mol. The van der Waals surface area contributed by atoms with Crippen molar-refractivity contribution in [2.24, 2.45) is 13.0 Å². The highest BCUT2D eigenvalue weighted by Gasteiger charge is 2.34. The van der Waals surface area contributed by atoms with Crippen molar-refractivity contribution in [3.05, 3.63) is 12.2 Å². The Balaban J connectivity index is 1.89. The van der Waals surface area contributed by atoms with Crippen molar-refractivity contribution in [2.45, 2.75) is 38.3 Å². The lowest BCUT2D eigenvalue weighted by molar-refractivity contribution is -0.142. The van der Waals surface area contributed by atoms with Crippen molar-refractivity contribution >= 4 is 12.0 Å². The molecular formula is C12H19N5O3. The van der Waals surface area contributed by atoms with Gasteiger partial charge in [0.05, 0.1) is 12.0 Å². The lowest BCUT2D eigenvalue weighted by atomic mass is 10.0. The molecule has 1 fully saturated rings. The van der Waals surface area contributed by atoms with Gasteiger partial charge < -0.3 is 20.3 Å². The molecule has 0 bridgehead atoms. The van der Waals surface area contributed by atoms with Crippen molar-refractivity contribution < 1.29 is 14.7 Å². The summed E-state index contributed by atoms with van der Waals surface area (Å²) < 4.78 is 1.72. The molecule has 2 amide bonds. The molecule has 110 valence electrons. The van der Waals surface area contributed by atoms with E-state index in [1.807, 2.05) is 0 Å². The van der Waals surface area contributed by atoms with Crippen LogP contribution in [0.3, 0.4) is 0 Å². The molecule has 1 aromatic rings. The molecule has 8 nitrogen and oxygen atoms in total. The number of aryl methyl sites for hydroxylation is 1. The van der Waals surface area contributed by atoms with Crippen LogP contribution in [0.4, 0.5) is 4.79 Å². The van der Waals surface area contributed by atoms with Crippen molar-refractivity contribution in [3.8, 4) is 0 Å². The number of nitrogens with zero attached hydrogens (tertiary/aromatic N) is 3. The van der Waals surface area contributed by atoms with Gasteiger partial charge in [-0.2, -0.15) is 0 Å². The second kappa shape index (κ2) is 5.89. The molecule has 2 rings (SSSR count). The first kappa shape index (κ1) is 14.3. The van der Waals surface area contributed by atoms with Gasteiger partial charge in [0.25, 0.3) is 0 Å². The molecule has 3 N–H and O–H groups in total. The van der Waals surface area contributed by atoms with Crippen molar-refractivity contribution in [1.29, 1.82) is 0 Å². The van der Waals surface area contributed by atoms with Crippen LogP contribution in [0.15, 0.2) is 6.33 Å². The van der Waals surface area contributed by atoms with Gasteiger partial charge in [0.1, 0.15) is 6.33 Å². The largest absolute Gasteiger partial charge is 0.481 e. The van der Waals surface area contributed by atoms with Crippen LogP contribution in [0.1, 0.15) is 38.1 Å². The highest BCUT2D eigenvalue weighted by atomic mass is 16.4. The molecule has 3 unspecified atom stereocenters. The highest BCUT2D eigenvalue weighted by Crippen LogP contribution is 2.25. The Morgan fingerprint density at radius 2 is 2.25 bits per heavy atom. The SMILES string of the molecule is CC(NC(=O)NC1CCCC1C(=O)O)c1nncn1C. The monoisotopic (exact) mass is 281 g/mol. The Labute approximate surface area is 116 Å². The van der Waals surface area contributed by atoms with Gasteiger partial charge in [-0.15, -0.1) is 10.2 Å². The van der Waals surface area contributed by atoms with E-state index in [4.69, 9.17) is 5.11 Å². The highest BCUT2D eigenvalue weighted by molar-refractivity contribution is 5.77. The molecule has 3 atom stereocenters. The average Bonchev–Trinajstić information content (AvgIpc) is 2.97. The third-order valence-electron chi connectivity index (χ3n) is 3.63. The fourth-order valence-corrected chi connectivity index (χ4v) is 2.58. The molecule has 1 aliphatic rings. The van der Waals surface area contributed by atoms with Crippen molar-refractivity contribution in [3.63, 3.8) is 0 Å². The topological polar surface area (TPSA) is 109 Å². The molecular weight excluding hydrogens is 262 g/mol. The number of aliphatic carboxylic acids is 1. The number of carbonyl (C=O) groups is 2. The standard InChI is InChI=1S/C12H19N5O3/c1-7(10-16-13-6-17(10)2)14-12(20)15-9-5-3-4-8(9)11(18)19/h6-9H,3-5H2,1-2H3,(H,18,19)(H2,14,15,20). The summed E-state index contributed by atoms with van der Waals surface area (Å²) in [5.74, 6) is -0.707. The summed E-state index contributed by atoms with van der Waals surface area (Å²) in [4.78, 5) is 23.0. The van der Waals surface area contributed by atoms with Gasteiger partial charge in [-0.05, 0) is 19.8 Å². The second-order valence-electron chi connectivity index (χ2n) is 5.12. The maximum absolute atomic E-state index is 11.9. The van der Waals surface area contributed by atoms with E-state index in [0.717, 1.165) is 6.42 Å². The van der Waals surface area contributed by atoms with Gasteiger partial charge >= 0.3 is 12.0 Å². The molecule has 0 radical (unpaired) electrons. The molecule has 1 aromatic heterocycles. The molecule has 0 aliphatic heterocycles. The Morgan fingerprint density at radius 3 is 2.85 bits per heavy atom. The minimum absolute atomic E-state index is 0.299. The lowest BCUT2D eigenvalue weighted by Gasteiger charge is -2.20. The van der Waals surface area contributed by atoms with E-state index in [1.165, 1.54) is 0 Å². The summed E-state index contributed by atoms with van der Waals surface area (Å²) in [6.07, 6.45) is 3.69. The van der Waals surface area contributed by atoms with Gasteiger partial charge in [0.2, 0.25) is 0 Å². The predicted octanol–water partition coefficient (Wildman–Crippen LogP) is 0.429. The summed E-state index contributed by atoms with van der Waals surface area (Å²) >= 11 is 0. The van der Waals surface area contributed by atoms with Crippen LogP contribution in [0.2, 0.25) is 0 Å². The second-order valence-corrected chi connectivity index (χ2v) is 5.12. The number of urea groups is 1. The number of nitrogens with one attached hydrogen (secondary N) is 2. The Bertz CT molecular complexity index is 501. The quantitative estimate of drug-likeness (QED) is 0.741. The van der Waals surface area contributed by atoms with Crippen LogP contribution < -0.4 is 10.6 Å². The Morgan fingerprint density at radius 1 is 1.50 bits per heavy atom. The zero-order chi connectivity index (χ0) is 14.7. The summed E-state index contributed by atoms with van der Waals surface area (Å²) in [5.41, 5.74) is 0. The summed E-state index contributed by atoms with van der Waals surface area (Å²) in [6, 6.07) is -0.981. The van der Waals surface area contributed by atoms with E-state index in [2.05, 4.69) is 20.8 Å². The molecule has 0 spiro atoms. The van der Waals surface area contributed by atoms with Crippen molar-refractivity contribution in [2.75, 3.05) is 0 Å². The number of hydrogen-bond donors (Lipinski definition) is 3. The van der Waals surface area contributed by atoms with Crippen LogP contribution in [-0.4, -0.2) is 37.9 Å². The number of rotatable bonds is 4. The molecule has 8 heteroatoms. The first-order chi connectivity index (χ1) is 9.49. The lowest BCUT2D eigenvalue weighted by Crippen LogP contribution is -2.46. The van der Waals surface area contributed by atoms with Crippen LogP contribution in [0, 0.1) is 5.92 Å². The number of aromatic nitrogens is 3. The van der Waals surface area contributed by atoms with E-state index in [1.54, 1.807) is 24.9 Å². The van der Waals surface area contributed by atoms with Gasteiger partial charge in [-0.25, -0.2) is 4.79 Å². The molecule has 1 aliphatic carbocycles. The first-order valence-corrected chi connectivity index (χ1v) is 6.62. The van der Waals surface area contributed by atoms with Crippen LogP contribution in [-0.2, 0) is 11.8 Å². The van der Waals surface area contributed by atoms with E-state index >= 15 is 0 Å². The molecule has 0 saturated heterocycles. The smallest absolute Gasteiger partial charge is 0.315 e. The molecule has 20 heavy (non-hydrogen) atoms. The summed E-state index contributed by atoms with van der Waals surface area (Å²) in [5, 5.41) is 22.2. The van der Waals surface area contributed by atoms with Crippen molar-refractivity contribution in [1.82, 2.24) is 25.4 Å². The zero-order valence-electron chi connectivity index (χ0n) is 11.5. The minimum atomic E-state index is -0.853. The fraction of sp³-hybridized carbons (Fsp3) is 0.667.